The molecule has 0 fully saturated rings. The van der Waals surface area contributed by atoms with E-state index in [0.717, 1.165) is 0 Å². The Morgan fingerprint density at radius 2 is 1.80 bits per heavy atom. The molecule has 0 N–H and O–H groups in total. The van der Waals surface area contributed by atoms with Gasteiger partial charge in [0.25, 0.3) is 0 Å². The summed E-state index contributed by atoms with van der Waals surface area (Å²) in [6.45, 7) is 2.26. The molecule has 3 atom stereocenters. The molecule has 15 heavy (non-hydrogen) atoms. The Bertz CT molecular complexity index is 296. The number of hydrogen-bond donors (Lipinski definition) is 0. The van der Waals surface area contributed by atoms with Gasteiger partial charge in [0.15, 0.2) is 0 Å². The summed E-state index contributed by atoms with van der Waals surface area (Å²) in [6, 6.07) is 8.71. The Morgan fingerprint density at radius 3 is 2.33 bits per heavy atom. The summed E-state index contributed by atoms with van der Waals surface area (Å²) in [5, 5.41) is 0.584. The molecule has 1 aliphatic carbocycles. The molecule has 0 aliphatic heterocycles. The van der Waals surface area contributed by atoms with Gasteiger partial charge in [-0.1, -0.05) is 56.0 Å². The molecule has 0 aromatic heterocycles. The average molecular weight is 537 g/mol. The van der Waals surface area contributed by atoms with Gasteiger partial charge < -0.3 is 13.8 Å². The maximum absolute atomic E-state index is 2.75. The monoisotopic (exact) mass is 537 g/mol. The Kier molecular flexibility index (Phi) is 11.9. The molecule has 0 nitrogen and oxygen atoms in total. The second-order valence-electron chi connectivity index (χ2n) is 3.17. The third kappa shape index (κ3) is 4.39. The molecule has 4 heteroatoms. The number of fused-ring (bicyclic) bond motifs is 1. The van der Waals surface area contributed by atoms with Gasteiger partial charge in [0, 0.05) is 63.8 Å². The van der Waals surface area contributed by atoms with Crippen LogP contribution in [-0.4, -0.2) is 0 Å². The van der Waals surface area contributed by atoms with Crippen LogP contribution in [0.5, 0.6) is 0 Å². The van der Waals surface area contributed by atoms with E-state index in [1.807, 2.05) is 11.4 Å². The van der Waals surface area contributed by atoms with E-state index in [-0.39, 0.29) is 71.2 Å². The first kappa shape index (κ1) is 19.5. The van der Waals surface area contributed by atoms with Gasteiger partial charge in [-0.25, -0.2) is 0 Å². The van der Waals surface area contributed by atoms with Crippen molar-refractivity contribution in [3.8, 4) is 0 Å². The Morgan fingerprint density at radius 1 is 1.27 bits per heavy atom. The molecule has 0 saturated heterocycles. The van der Waals surface area contributed by atoms with Crippen LogP contribution < -0.4 is 0 Å². The molecule has 1 radical (unpaired) electrons. The van der Waals surface area contributed by atoms with Gasteiger partial charge in [-0.2, -0.15) is 11.4 Å². The molecule has 0 saturated carbocycles. The summed E-state index contributed by atoms with van der Waals surface area (Å²) in [4.78, 5) is 0. The minimum absolute atomic E-state index is 0. The van der Waals surface area contributed by atoms with Crippen molar-refractivity contribution in [2.24, 2.45) is 0 Å². The standard InChI is InChI=1S/C10H12PS.CH3.U.Y/c1-7-6-10(12-11)9-5-3-2-4-8(7)9;;;/h2-7,10H,11H2,1H3;1H3;;/q2*-1;;. The SMILES string of the molecule is CC1[CH-]C(SP)c2ccccc21.[CH3-].[U].[Y]. The first-order valence-corrected chi connectivity index (χ1v) is 6.48. The Hall–Kier alpha value is 2.16. The van der Waals surface area contributed by atoms with Crippen molar-refractivity contribution in [2.45, 2.75) is 18.1 Å². The van der Waals surface area contributed by atoms with Crippen molar-refractivity contribution in [1.29, 1.82) is 0 Å². The van der Waals surface area contributed by atoms with E-state index in [4.69, 9.17) is 0 Å². The molecule has 1 aromatic rings. The fourth-order valence-electron chi connectivity index (χ4n) is 1.77. The molecular formula is C11H15PSUY-2. The molecule has 0 amide bonds. The van der Waals surface area contributed by atoms with Crippen LogP contribution in [0.4, 0.5) is 0 Å². The second-order valence-corrected chi connectivity index (χ2v) is 4.76. The summed E-state index contributed by atoms with van der Waals surface area (Å²) in [6.07, 6.45) is 2.41. The van der Waals surface area contributed by atoms with Crippen LogP contribution in [0.3, 0.4) is 0 Å². The summed E-state index contributed by atoms with van der Waals surface area (Å²) in [5.41, 5.74) is 2.99. The summed E-state index contributed by atoms with van der Waals surface area (Å²) in [7, 11) is 2.75. The summed E-state index contributed by atoms with van der Waals surface area (Å²) < 4.78 is 0. The number of rotatable bonds is 1. The molecule has 0 spiro atoms. The van der Waals surface area contributed by atoms with Crippen LogP contribution >= 0.6 is 19.8 Å². The van der Waals surface area contributed by atoms with Crippen molar-refractivity contribution in [2.75, 3.05) is 0 Å². The number of hydrogen-bond acceptors (Lipinski definition) is 1. The van der Waals surface area contributed by atoms with Gasteiger partial charge in [0.05, 0.1) is 0 Å². The molecule has 79 valence electrons. The van der Waals surface area contributed by atoms with E-state index in [1.165, 1.54) is 11.1 Å². The van der Waals surface area contributed by atoms with Gasteiger partial charge >= 0.3 is 0 Å². The van der Waals surface area contributed by atoms with Crippen molar-refractivity contribution in [3.05, 3.63) is 49.2 Å². The normalized spacial score (nSPS) is 21.7. The Labute approximate surface area is 149 Å². The first-order valence-electron chi connectivity index (χ1n) is 4.12. The molecule has 1 aliphatic rings. The molecule has 3 unspecified atom stereocenters. The van der Waals surface area contributed by atoms with Gasteiger partial charge in [-0.3, -0.25) is 0 Å². The van der Waals surface area contributed by atoms with E-state index in [9.17, 15) is 0 Å². The van der Waals surface area contributed by atoms with Crippen LogP contribution in [0.1, 0.15) is 29.2 Å². The zero-order valence-electron chi connectivity index (χ0n) is 9.10. The van der Waals surface area contributed by atoms with E-state index in [0.29, 0.717) is 11.2 Å². The maximum atomic E-state index is 2.75. The molecule has 1 aromatic carbocycles. The maximum Gasteiger partial charge on any atom is 0 e. The average Bonchev–Trinajstić information content (AvgIpc) is 2.44. The molecular weight excluding hydrogens is 522 g/mol. The van der Waals surface area contributed by atoms with Gasteiger partial charge in [0.2, 0.25) is 0 Å². The largest absolute Gasteiger partial charge is 0.358 e. The minimum Gasteiger partial charge on any atom is -0.358 e. The van der Waals surface area contributed by atoms with Crippen LogP contribution in [0.25, 0.3) is 0 Å². The van der Waals surface area contributed by atoms with Crippen molar-refractivity contribution in [1.82, 2.24) is 0 Å². The zero-order chi connectivity index (χ0) is 8.55. The topological polar surface area (TPSA) is 0 Å². The minimum atomic E-state index is 0. The predicted octanol–water partition coefficient (Wildman–Crippen LogP) is 4.02. The van der Waals surface area contributed by atoms with Crippen LogP contribution in [0, 0.1) is 45.0 Å². The van der Waals surface area contributed by atoms with E-state index >= 15 is 0 Å². The van der Waals surface area contributed by atoms with Crippen LogP contribution in [0.2, 0.25) is 0 Å². The molecule has 0 heterocycles. The van der Waals surface area contributed by atoms with Crippen molar-refractivity contribution < 1.29 is 63.8 Å². The third-order valence-electron chi connectivity index (χ3n) is 2.40. The summed E-state index contributed by atoms with van der Waals surface area (Å²) >= 11 is 1.84. The fraction of sp³-hybridized carbons (Fsp3) is 0.273. The van der Waals surface area contributed by atoms with Crippen LogP contribution in [0.15, 0.2) is 24.3 Å². The number of benzene rings is 1. The van der Waals surface area contributed by atoms with E-state index in [1.54, 1.807) is 0 Å². The molecule has 0 bridgehead atoms. The first-order chi connectivity index (χ1) is 5.83. The second kappa shape index (κ2) is 9.13. The quantitative estimate of drug-likeness (QED) is 0.386. The smallest absolute Gasteiger partial charge is 0 e. The Balaban J connectivity index is 0. The van der Waals surface area contributed by atoms with Gasteiger partial charge in [0.1, 0.15) is 0 Å². The molecule has 2 rings (SSSR count). The van der Waals surface area contributed by atoms with Crippen molar-refractivity contribution in [3.63, 3.8) is 0 Å². The fourth-order valence-corrected chi connectivity index (χ4v) is 3.17. The summed E-state index contributed by atoms with van der Waals surface area (Å²) in [5.74, 6) is 0.624. The van der Waals surface area contributed by atoms with Crippen molar-refractivity contribution >= 4 is 19.8 Å². The van der Waals surface area contributed by atoms with Gasteiger partial charge in [-0.05, 0) is 0 Å². The predicted molar refractivity (Wildman–Crippen MR) is 65.6 cm³/mol. The zero-order valence-corrected chi connectivity index (χ0v) is 18.1. The third-order valence-corrected chi connectivity index (χ3v) is 3.99. The van der Waals surface area contributed by atoms with Gasteiger partial charge in [-0.15, -0.1) is 5.92 Å². The van der Waals surface area contributed by atoms with Crippen LogP contribution in [-0.2, 0) is 32.7 Å². The van der Waals surface area contributed by atoms with E-state index < -0.39 is 0 Å². The van der Waals surface area contributed by atoms with E-state index in [2.05, 4.69) is 46.1 Å².